The average molecular weight is 493 g/mol. The number of aryl methyl sites for hydroxylation is 1. The highest BCUT2D eigenvalue weighted by Crippen LogP contribution is 2.27. The van der Waals surface area contributed by atoms with E-state index < -0.39 is 17.8 Å². The maximum Gasteiger partial charge on any atom is 0.336 e. The number of nitrogens with one attached hydrogen (secondary N) is 1. The van der Waals surface area contributed by atoms with Gasteiger partial charge in [-0.3, -0.25) is 19.9 Å². The average Bonchev–Trinajstić information content (AvgIpc) is 3.19. The quantitative estimate of drug-likeness (QED) is 0.310. The van der Waals surface area contributed by atoms with Crippen molar-refractivity contribution >= 4 is 29.6 Å². The third-order valence-corrected chi connectivity index (χ3v) is 6.12. The summed E-state index contributed by atoms with van der Waals surface area (Å²) >= 11 is 0. The fourth-order valence-electron chi connectivity index (χ4n) is 4.30. The zero-order valence-corrected chi connectivity index (χ0v) is 20.3. The van der Waals surface area contributed by atoms with Gasteiger partial charge in [-0.1, -0.05) is 30.3 Å². The number of aromatic nitrogens is 2. The predicted molar refractivity (Wildman–Crippen MR) is 139 cm³/mol. The van der Waals surface area contributed by atoms with E-state index in [-0.39, 0.29) is 11.3 Å². The lowest BCUT2D eigenvalue weighted by Gasteiger charge is -2.26. The van der Waals surface area contributed by atoms with Crippen molar-refractivity contribution in [1.82, 2.24) is 14.9 Å². The van der Waals surface area contributed by atoms with E-state index in [1.165, 1.54) is 18.5 Å². The fraction of sp³-hybridized carbons (Fsp3) is 0.103. The van der Waals surface area contributed by atoms with Crippen LogP contribution in [0.15, 0.2) is 90.8 Å². The maximum absolute atomic E-state index is 13.2. The second-order valence-corrected chi connectivity index (χ2v) is 8.60. The molecule has 8 heteroatoms. The molecule has 184 valence electrons. The van der Waals surface area contributed by atoms with Gasteiger partial charge in [-0.15, -0.1) is 0 Å². The molecule has 1 aliphatic rings. The lowest BCUT2D eigenvalue weighted by Crippen LogP contribution is -2.54. The van der Waals surface area contributed by atoms with Gasteiger partial charge in [-0.2, -0.15) is 0 Å². The minimum absolute atomic E-state index is 0.131. The second-order valence-electron chi connectivity index (χ2n) is 8.60. The molecule has 1 saturated heterocycles. The van der Waals surface area contributed by atoms with Crippen LogP contribution in [0.1, 0.15) is 22.5 Å². The number of ether oxygens (including phenoxy) is 1. The number of carbonyl (C=O) groups excluding carboxylic acids is 3. The summed E-state index contributed by atoms with van der Waals surface area (Å²) in [4.78, 5) is 43.0. The molecule has 0 radical (unpaired) electrons. The first-order chi connectivity index (χ1) is 17.9. The third kappa shape index (κ3) is 4.77. The van der Waals surface area contributed by atoms with Crippen molar-refractivity contribution < 1.29 is 19.1 Å². The van der Waals surface area contributed by atoms with E-state index in [1.54, 1.807) is 12.1 Å². The first-order valence-corrected chi connectivity index (χ1v) is 11.7. The summed E-state index contributed by atoms with van der Waals surface area (Å²) in [6.45, 7) is 4.34. The SMILES string of the molecule is Cc1cc(/C=C2\C(=O)NC(=O)N(c3cccnc3)C2=O)c(C)n1-c1ccc(OCc2ccccc2)cc1. The summed E-state index contributed by atoms with van der Waals surface area (Å²) < 4.78 is 7.92. The number of pyridine rings is 1. The Labute approximate surface area is 213 Å². The number of urea groups is 1. The zero-order chi connectivity index (χ0) is 25.9. The van der Waals surface area contributed by atoms with E-state index >= 15 is 0 Å². The molecule has 2 aromatic carbocycles. The zero-order valence-electron chi connectivity index (χ0n) is 20.3. The van der Waals surface area contributed by atoms with Crippen molar-refractivity contribution in [2.75, 3.05) is 4.90 Å². The molecule has 3 heterocycles. The molecule has 1 fully saturated rings. The molecule has 0 atom stereocenters. The van der Waals surface area contributed by atoms with Crippen LogP contribution in [0.2, 0.25) is 0 Å². The number of carbonyl (C=O) groups is 3. The molecule has 0 spiro atoms. The summed E-state index contributed by atoms with van der Waals surface area (Å²) in [5.41, 5.74) is 4.61. The Hall–Kier alpha value is -4.98. The molecule has 0 saturated carbocycles. The second kappa shape index (κ2) is 9.94. The largest absolute Gasteiger partial charge is 0.489 e. The molecule has 2 aromatic heterocycles. The first-order valence-electron chi connectivity index (χ1n) is 11.7. The van der Waals surface area contributed by atoms with Crippen LogP contribution in [-0.4, -0.2) is 27.4 Å². The number of anilines is 1. The van der Waals surface area contributed by atoms with Gasteiger partial charge < -0.3 is 9.30 Å². The summed E-state index contributed by atoms with van der Waals surface area (Å²) in [6.07, 6.45) is 4.45. The van der Waals surface area contributed by atoms with E-state index in [0.717, 1.165) is 33.3 Å². The minimum Gasteiger partial charge on any atom is -0.489 e. The highest BCUT2D eigenvalue weighted by atomic mass is 16.5. The van der Waals surface area contributed by atoms with Gasteiger partial charge in [0.1, 0.15) is 17.9 Å². The van der Waals surface area contributed by atoms with Crippen molar-refractivity contribution in [3.63, 3.8) is 0 Å². The first kappa shape index (κ1) is 23.7. The van der Waals surface area contributed by atoms with Crippen LogP contribution in [0.4, 0.5) is 10.5 Å². The van der Waals surface area contributed by atoms with Gasteiger partial charge in [0.05, 0.1) is 11.9 Å². The summed E-state index contributed by atoms with van der Waals surface area (Å²) in [6, 6.07) is 22.0. The van der Waals surface area contributed by atoms with Crippen LogP contribution in [0.3, 0.4) is 0 Å². The number of barbiturate groups is 1. The molecule has 0 unspecified atom stereocenters. The Morgan fingerprint density at radius 3 is 2.38 bits per heavy atom. The number of nitrogens with zero attached hydrogens (tertiary/aromatic N) is 3. The normalized spacial score (nSPS) is 14.7. The van der Waals surface area contributed by atoms with Gasteiger partial charge in [-0.05, 0) is 73.5 Å². The van der Waals surface area contributed by atoms with E-state index in [2.05, 4.69) is 10.3 Å². The molecule has 0 aliphatic carbocycles. The topological polar surface area (TPSA) is 93.5 Å². The van der Waals surface area contributed by atoms with Crippen LogP contribution in [0.5, 0.6) is 5.75 Å². The number of rotatable bonds is 6. The smallest absolute Gasteiger partial charge is 0.336 e. The van der Waals surface area contributed by atoms with Crippen LogP contribution >= 0.6 is 0 Å². The molecule has 37 heavy (non-hydrogen) atoms. The molecule has 4 aromatic rings. The lowest BCUT2D eigenvalue weighted by molar-refractivity contribution is -0.122. The van der Waals surface area contributed by atoms with E-state index in [1.807, 2.05) is 79.1 Å². The highest BCUT2D eigenvalue weighted by Gasteiger charge is 2.37. The van der Waals surface area contributed by atoms with Crippen molar-refractivity contribution in [3.8, 4) is 11.4 Å². The van der Waals surface area contributed by atoms with E-state index in [9.17, 15) is 14.4 Å². The highest BCUT2D eigenvalue weighted by molar-refractivity contribution is 6.39. The van der Waals surface area contributed by atoms with Crippen LogP contribution < -0.4 is 15.0 Å². The summed E-state index contributed by atoms with van der Waals surface area (Å²) in [5.74, 6) is -0.687. The van der Waals surface area contributed by atoms with Gasteiger partial charge in [0.2, 0.25) is 0 Å². The molecule has 0 bridgehead atoms. The van der Waals surface area contributed by atoms with E-state index in [0.29, 0.717) is 12.2 Å². The van der Waals surface area contributed by atoms with Crippen molar-refractivity contribution in [2.24, 2.45) is 0 Å². The number of hydrogen-bond acceptors (Lipinski definition) is 5. The molecular weight excluding hydrogens is 468 g/mol. The van der Waals surface area contributed by atoms with Gasteiger partial charge >= 0.3 is 6.03 Å². The Balaban J connectivity index is 1.40. The number of hydrogen-bond donors (Lipinski definition) is 1. The Morgan fingerprint density at radius 1 is 0.919 bits per heavy atom. The molecule has 1 N–H and O–H groups in total. The van der Waals surface area contributed by atoms with Crippen LogP contribution in [0, 0.1) is 13.8 Å². The van der Waals surface area contributed by atoms with Gasteiger partial charge in [-0.25, -0.2) is 9.69 Å². The summed E-state index contributed by atoms with van der Waals surface area (Å²) in [7, 11) is 0. The molecule has 4 amide bonds. The monoisotopic (exact) mass is 492 g/mol. The van der Waals surface area contributed by atoms with Crippen molar-refractivity contribution in [1.29, 1.82) is 0 Å². The van der Waals surface area contributed by atoms with Crippen molar-refractivity contribution in [2.45, 2.75) is 20.5 Å². The summed E-state index contributed by atoms with van der Waals surface area (Å²) in [5, 5.41) is 2.24. The number of amides is 4. The lowest BCUT2D eigenvalue weighted by atomic mass is 10.1. The molecule has 8 nitrogen and oxygen atoms in total. The third-order valence-electron chi connectivity index (χ3n) is 6.12. The number of imide groups is 2. The Morgan fingerprint density at radius 2 is 1.68 bits per heavy atom. The van der Waals surface area contributed by atoms with Gasteiger partial charge in [0.15, 0.2) is 0 Å². The van der Waals surface area contributed by atoms with E-state index in [4.69, 9.17) is 4.74 Å². The predicted octanol–water partition coefficient (Wildman–Crippen LogP) is 4.73. The van der Waals surface area contributed by atoms with Gasteiger partial charge in [0.25, 0.3) is 11.8 Å². The molecule has 1 aliphatic heterocycles. The fourth-order valence-corrected chi connectivity index (χ4v) is 4.30. The molecule has 5 rings (SSSR count). The number of benzene rings is 2. The Bertz CT molecular complexity index is 1510. The van der Waals surface area contributed by atoms with Crippen LogP contribution in [0.25, 0.3) is 11.8 Å². The maximum atomic E-state index is 13.2. The standard InChI is InChI=1S/C29H24N4O4/c1-19-15-22(16-26-27(34)31-29(36)33(28(26)35)24-9-6-14-30-17-24)20(2)32(19)23-10-12-25(13-11-23)37-18-21-7-4-3-5-8-21/h3-17H,18H2,1-2H3,(H,31,34,36)/b26-16+. The van der Waals surface area contributed by atoms with Gasteiger partial charge in [0, 0.05) is 23.3 Å². The van der Waals surface area contributed by atoms with Crippen molar-refractivity contribution in [3.05, 3.63) is 113 Å². The minimum atomic E-state index is -0.805. The van der Waals surface area contributed by atoms with Crippen LogP contribution in [-0.2, 0) is 16.2 Å². The molecular formula is C29H24N4O4. The Kier molecular flexibility index (Phi) is 6.38.